The number of thiocarbonyl (C=S) groups is 1. The fourth-order valence-corrected chi connectivity index (χ4v) is 4.54. The van der Waals surface area contributed by atoms with Crippen LogP contribution in [0, 0.1) is 13.8 Å². The van der Waals surface area contributed by atoms with Gasteiger partial charge >= 0.3 is 12.6 Å². The molecule has 5 nitrogen and oxygen atoms in total. The van der Waals surface area contributed by atoms with Crippen molar-refractivity contribution in [3.8, 4) is 16.9 Å². The van der Waals surface area contributed by atoms with Crippen LogP contribution in [0.1, 0.15) is 27.7 Å². The molecule has 32 heavy (non-hydrogen) atoms. The van der Waals surface area contributed by atoms with E-state index in [-0.39, 0.29) is 17.5 Å². The van der Waals surface area contributed by atoms with Crippen LogP contribution >= 0.6 is 23.6 Å². The monoisotopic (exact) mass is 476 g/mol. The predicted molar refractivity (Wildman–Crippen MR) is 128 cm³/mol. The Morgan fingerprint density at radius 3 is 2.47 bits per heavy atom. The topological polar surface area (TPSA) is 59.6 Å². The summed E-state index contributed by atoms with van der Waals surface area (Å²) in [5.74, 6) is -0.376. The Balaban J connectivity index is 1.87. The van der Waals surface area contributed by atoms with Gasteiger partial charge in [-0.25, -0.2) is 4.79 Å². The van der Waals surface area contributed by atoms with Crippen LogP contribution in [0.25, 0.3) is 11.1 Å². The molecular weight excluding hydrogens is 454 g/mol. The summed E-state index contributed by atoms with van der Waals surface area (Å²) in [5, 5.41) is 6.94. The molecular formula is C23H22F2N2O3S2. The molecule has 0 atom stereocenters. The van der Waals surface area contributed by atoms with Crippen LogP contribution in [0.3, 0.4) is 0 Å². The van der Waals surface area contributed by atoms with Gasteiger partial charge in [0.25, 0.3) is 0 Å². The Kier molecular flexibility index (Phi) is 7.76. The molecule has 2 aromatic carbocycles. The van der Waals surface area contributed by atoms with E-state index in [2.05, 4.69) is 15.4 Å². The zero-order valence-electron chi connectivity index (χ0n) is 17.7. The zero-order valence-corrected chi connectivity index (χ0v) is 19.3. The maximum atomic E-state index is 12.8. The fraction of sp³-hybridized carbons (Fsp3) is 0.217. The SMILES string of the molecule is CCOC(=O)c1c(NC(=S)Nc2ccc(OC(F)F)cc2C)sc(C)c1-c1ccccc1. The predicted octanol–water partition coefficient (Wildman–Crippen LogP) is 6.62. The first-order valence-electron chi connectivity index (χ1n) is 9.79. The summed E-state index contributed by atoms with van der Waals surface area (Å²) < 4.78 is 34.5. The molecule has 0 aliphatic rings. The fourth-order valence-electron chi connectivity index (χ4n) is 3.19. The molecule has 0 saturated carbocycles. The Morgan fingerprint density at radius 1 is 1.12 bits per heavy atom. The average molecular weight is 477 g/mol. The van der Waals surface area contributed by atoms with Crippen molar-refractivity contribution in [3.63, 3.8) is 0 Å². The van der Waals surface area contributed by atoms with E-state index in [0.717, 1.165) is 16.0 Å². The van der Waals surface area contributed by atoms with E-state index in [9.17, 15) is 13.6 Å². The highest BCUT2D eigenvalue weighted by molar-refractivity contribution is 7.80. The molecule has 0 aliphatic heterocycles. The number of ether oxygens (including phenoxy) is 2. The van der Waals surface area contributed by atoms with Gasteiger partial charge in [-0.2, -0.15) is 8.78 Å². The van der Waals surface area contributed by atoms with Crippen LogP contribution in [0.5, 0.6) is 5.75 Å². The third-order valence-corrected chi connectivity index (χ3v) is 5.75. The lowest BCUT2D eigenvalue weighted by molar-refractivity contribution is -0.0498. The van der Waals surface area contributed by atoms with Crippen LogP contribution < -0.4 is 15.4 Å². The number of benzene rings is 2. The van der Waals surface area contributed by atoms with Gasteiger partial charge in [0.05, 0.1) is 6.61 Å². The number of carbonyl (C=O) groups is 1. The molecule has 0 fully saturated rings. The molecule has 0 unspecified atom stereocenters. The lowest BCUT2D eigenvalue weighted by Crippen LogP contribution is -2.20. The first kappa shape index (κ1) is 23.6. The van der Waals surface area contributed by atoms with E-state index >= 15 is 0 Å². The first-order chi connectivity index (χ1) is 15.3. The van der Waals surface area contributed by atoms with E-state index in [1.54, 1.807) is 19.9 Å². The van der Waals surface area contributed by atoms with E-state index in [1.807, 2.05) is 37.3 Å². The minimum absolute atomic E-state index is 0.0629. The van der Waals surface area contributed by atoms with Crippen molar-refractivity contribution in [1.29, 1.82) is 0 Å². The number of nitrogens with one attached hydrogen (secondary N) is 2. The molecule has 0 amide bonds. The smallest absolute Gasteiger partial charge is 0.387 e. The summed E-state index contributed by atoms with van der Waals surface area (Å²) in [5.41, 5.74) is 3.41. The average Bonchev–Trinajstić information content (AvgIpc) is 3.06. The first-order valence-corrected chi connectivity index (χ1v) is 11.0. The summed E-state index contributed by atoms with van der Waals surface area (Å²) in [6, 6.07) is 14.1. The van der Waals surface area contributed by atoms with Crippen molar-refractivity contribution in [3.05, 3.63) is 64.5 Å². The lowest BCUT2D eigenvalue weighted by Gasteiger charge is -2.14. The summed E-state index contributed by atoms with van der Waals surface area (Å²) in [4.78, 5) is 13.7. The number of aryl methyl sites for hydroxylation is 2. The van der Waals surface area contributed by atoms with E-state index in [1.165, 1.54) is 23.5 Å². The standard InChI is InChI=1S/C23H22F2N2O3S2/c1-4-29-21(28)19-18(15-8-6-5-7-9-15)14(3)32-20(19)27-23(31)26-17-11-10-16(12-13(17)2)30-22(24)25/h5-12,22H,4H2,1-3H3,(H2,26,27,31). The molecule has 0 spiro atoms. The van der Waals surface area contributed by atoms with Crippen LogP contribution in [-0.2, 0) is 4.74 Å². The van der Waals surface area contributed by atoms with E-state index < -0.39 is 12.6 Å². The van der Waals surface area contributed by atoms with Gasteiger partial charge < -0.3 is 20.1 Å². The van der Waals surface area contributed by atoms with Crippen LogP contribution in [-0.4, -0.2) is 24.3 Å². The largest absolute Gasteiger partial charge is 0.462 e. The van der Waals surface area contributed by atoms with Crippen molar-refractivity contribution >= 4 is 45.3 Å². The Hall–Kier alpha value is -3.04. The third-order valence-electron chi connectivity index (χ3n) is 4.52. The summed E-state index contributed by atoms with van der Waals surface area (Å²) >= 11 is 6.84. The molecule has 9 heteroatoms. The minimum Gasteiger partial charge on any atom is -0.462 e. The molecule has 0 bridgehead atoms. The van der Waals surface area contributed by atoms with Gasteiger partial charge in [-0.15, -0.1) is 11.3 Å². The summed E-state index contributed by atoms with van der Waals surface area (Å²) in [6.07, 6.45) is 0. The molecule has 2 N–H and O–H groups in total. The number of anilines is 2. The second-order valence-electron chi connectivity index (χ2n) is 6.76. The quantitative estimate of drug-likeness (QED) is 0.295. The number of hydrogen-bond donors (Lipinski definition) is 2. The number of alkyl halides is 2. The van der Waals surface area contributed by atoms with Crippen molar-refractivity contribution < 1.29 is 23.0 Å². The Morgan fingerprint density at radius 2 is 1.84 bits per heavy atom. The number of halogens is 2. The van der Waals surface area contributed by atoms with E-state index in [0.29, 0.717) is 21.8 Å². The second-order valence-corrected chi connectivity index (χ2v) is 8.39. The van der Waals surface area contributed by atoms with Gasteiger partial charge in [-0.1, -0.05) is 30.3 Å². The van der Waals surface area contributed by atoms with Gasteiger partial charge in [-0.05, 0) is 62.3 Å². The van der Waals surface area contributed by atoms with Gasteiger partial charge in [0.1, 0.15) is 16.3 Å². The van der Waals surface area contributed by atoms with Crippen molar-refractivity contribution in [2.75, 3.05) is 17.2 Å². The molecule has 0 aliphatic carbocycles. The summed E-state index contributed by atoms with van der Waals surface area (Å²) in [6.45, 7) is 2.79. The maximum absolute atomic E-state index is 12.8. The van der Waals surface area contributed by atoms with Crippen molar-refractivity contribution in [1.82, 2.24) is 0 Å². The molecule has 3 aromatic rings. The number of rotatable bonds is 7. The van der Waals surface area contributed by atoms with Gasteiger partial charge in [-0.3, -0.25) is 0 Å². The Labute approximate surface area is 194 Å². The van der Waals surface area contributed by atoms with Crippen LogP contribution in [0.4, 0.5) is 19.5 Å². The third kappa shape index (κ3) is 5.60. The second kappa shape index (κ2) is 10.5. The van der Waals surface area contributed by atoms with Gasteiger partial charge in [0.15, 0.2) is 5.11 Å². The highest BCUT2D eigenvalue weighted by Gasteiger charge is 2.25. The zero-order chi connectivity index (χ0) is 23.3. The van der Waals surface area contributed by atoms with Crippen molar-refractivity contribution in [2.45, 2.75) is 27.4 Å². The molecule has 0 saturated heterocycles. The molecule has 0 radical (unpaired) electrons. The van der Waals surface area contributed by atoms with E-state index in [4.69, 9.17) is 17.0 Å². The lowest BCUT2D eigenvalue weighted by atomic mass is 10.0. The molecule has 3 rings (SSSR count). The highest BCUT2D eigenvalue weighted by atomic mass is 32.1. The van der Waals surface area contributed by atoms with Crippen LogP contribution in [0.15, 0.2) is 48.5 Å². The highest BCUT2D eigenvalue weighted by Crippen LogP contribution is 2.40. The van der Waals surface area contributed by atoms with Crippen LogP contribution in [0.2, 0.25) is 0 Å². The van der Waals surface area contributed by atoms with Gasteiger partial charge in [0, 0.05) is 16.1 Å². The normalized spacial score (nSPS) is 10.7. The number of carbonyl (C=O) groups excluding carboxylic acids is 1. The molecule has 1 aromatic heterocycles. The Bertz CT molecular complexity index is 1120. The molecule has 168 valence electrons. The van der Waals surface area contributed by atoms with Gasteiger partial charge in [0.2, 0.25) is 0 Å². The minimum atomic E-state index is -2.89. The molecule has 1 heterocycles. The summed E-state index contributed by atoms with van der Waals surface area (Å²) in [7, 11) is 0. The number of thiophene rings is 1. The number of hydrogen-bond acceptors (Lipinski definition) is 5. The number of esters is 1. The maximum Gasteiger partial charge on any atom is 0.387 e. The van der Waals surface area contributed by atoms with Crippen molar-refractivity contribution in [2.24, 2.45) is 0 Å².